The third-order valence-corrected chi connectivity index (χ3v) is 1.98. The van der Waals surface area contributed by atoms with Gasteiger partial charge in [0.1, 0.15) is 5.82 Å². The summed E-state index contributed by atoms with van der Waals surface area (Å²) in [5.74, 6) is -0.698. The summed E-state index contributed by atoms with van der Waals surface area (Å²) in [5, 5.41) is 8.52. The van der Waals surface area contributed by atoms with E-state index in [0.717, 1.165) is 18.2 Å². The molecule has 0 saturated carbocycles. The van der Waals surface area contributed by atoms with E-state index in [9.17, 15) is 17.6 Å². The van der Waals surface area contributed by atoms with E-state index in [4.69, 9.17) is 5.11 Å². The standard InChI is InChI=1S/C10H10F4O/c11-8-3-4-9(10(12,13)14)7(6-8)2-1-5-15/h3-4,6,15H,1-2,5H2. The molecular weight excluding hydrogens is 212 g/mol. The van der Waals surface area contributed by atoms with Gasteiger partial charge in [0.05, 0.1) is 5.56 Å². The predicted octanol–water partition coefficient (Wildman–Crippen LogP) is 2.77. The molecule has 0 heterocycles. The van der Waals surface area contributed by atoms with Crippen molar-refractivity contribution >= 4 is 0 Å². The lowest BCUT2D eigenvalue weighted by atomic mass is 10.0. The van der Waals surface area contributed by atoms with E-state index in [1.54, 1.807) is 0 Å². The second-order valence-electron chi connectivity index (χ2n) is 3.13. The first-order chi connectivity index (χ1) is 6.95. The van der Waals surface area contributed by atoms with E-state index in [1.165, 1.54) is 0 Å². The summed E-state index contributed by atoms with van der Waals surface area (Å²) in [7, 11) is 0. The summed E-state index contributed by atoms with van der Waals surface area (Å²) in [5.41, 5.74) is -0.950. The van der Waals surface area contributed by atoms with Crippen molar-refractivity contribution in [3.63, 3.8) is 0 Å². The second-order valence-corrected chi connectivity index (χ2v) is 3.13. The highest BCUT2D eigenvalue weighted by Gasteiger charge is 2.32. The Bertz CT molecular complexity index is 333. The fourth-order valence-corrected chi connectivity index (χ4v) is 1.32. The minimum atomic E-state index is -4.47. The van der Waals surface area contributed by atoms with Crippen molar-refractivity contribution in [2.45, 2.75) is 19.0 Å². The molecule has 1 aromatic rings. The Labute approximate surface area is 84.3 Å². The number of aliphatic hydroxyl groups excluding tert-OH is 1. The number of hydrogen-bond donors (Lipinski definition) is 1. The molecule has 84 valence electrons. The maximum Gasteiger partial charge on any atom is 0.416 e. The Morgan fingerprint density at radius 3 is 2.40 bits per heavy atom. The zero-order chi connectivity index (χ0) is 11.5. The highest BCUT2D eigenvalue weighted by Crippen LogP contribution is 2.32. The molecule has 1 N–H and O–H groups in total. The highest BCUT2D eigenvalue weighted by molar-refractivity contribution is 5.30. The average molecular weight is 222 g/mol. The van der Waals surface area contributed by atoms with Crippen LogP contribution in [0.4, 0.5) is 17.6 Å². The van der Waals surface area contributed by atoms with E-state index < -0.39 is 17.6 Å². The Hall–Kier alpha value is -1.10. The van der Waals surface area contributed by atoms with Crippen LogP contribution in [0.1, 0.15) is 17.5 Å². The van der Waals surface area contributed by atoms with Gasteiger partial charge >= 0.3 is 6.18 Å². The molecule has 5 heteroatoms. The molecule has 0 aliphatic heterocycles. The quantitative estimate of drug-likeness (QED) is 0.779. The van der Waals surface area contributed by atoms with Crippen LogP contribution in [0.15, 0.2) is 18.2 Å². The molecule has 0 bridgehead atoms. The lowest BCUT2D eigenvalue weighted by Crippen LogP contribution is -2.10. The fourth-order valence-electron chi connectivity index (χ4n) is 1.32. The van der Waals surface area contributed by atoms with Crippen molar-refractivity contribution < 1.29 is 22.7 Å². The molecular formula is C10H10F4O. The third kappa shape index (κ3) is 3.20. The molecule has 0 unspecified atom stereocenters. The van der Waals surface area contributed by atoms with Gasteiger partial charge in [-0.15, -0.1) is 0 Å². The summed E-state index contributed by atoms with van der Waals surface area (Å²) in [6.07, 6.45) is -4.27. The first kappa shape index (κ1) is 12.0. The van der Waals surface area contributed by atoms with Gasteiger partial charge in [-0.25, -0.2) is 4.39 Å². The largest absolute Gasteiger partial charge is 0.416 e. The highest BCUT2D eigenvalue weighted by atomic mass is 19.4. The first-order valence-corrected chi connectivity index (χ1v) is 4.41. The second kappa shape index (κ2) is 4.61. The van der Waals surface area contributed by atoms with Crippen molar-refractivity contribution in [1.29, 1.82) is 0 Å². The van der Waals surface area contributed by atoms with Crippen LogP contribution in [0, 0.1) is 5.82 Å². The smallest absolute Gasteiger partial charge is 0.396 e. The van der Waals surface area contributed by atoms with Gasteiger partial charge < -0.3 is 5.11 Å². The van der Waals surface area contributed by atoms with Crippen molar-refractivity contribution in [2.24, 2.45) is 0 Å². The Morgan fingerprint density at radius 2 is 1.87 bits per heavy atom. The normalized spacial score (nSPS) is 11.8. The van der Waals surface area contributed by atoms with Gasteiger partial charge in [0.2, 0.25) is 0 Å². The molecule has 15 heavy (non-hydrogen) atoms. The molecule has 0 fully saturated rings. The number of rotatable bonds is 3. The summed E-state index contributed by atoms with van der Waals surface area (Å²) < 4.78 is 50.0. The molecule has 1 aromatic carbocycles. The fraction of sp³-hybridized carbons (Fsp3) is 0.400. The van der Waals surface area contributed by atoms with E-state index in [0.29, 0.717) is 0 Å². The lowest BCUT2D eigenvalue weighted by molar-refractivity contribution is -0.138. The van der Waals surface area contributed by atoms with E-state index in [2.05, 4.69) is 0 Å². The minimum Gasteiger partial charge on any atom is -0.396 e. The topological polar surface area (TPSA) is 20.2 Å². The third-order valence-electron chi connectivity index (χ3n) is 1.98. The average Bonchev–Trinajstić information content (AvgIpc) is 2.12. The lowest BCUT2D eigenvalue weighted by Gasteiger charge is -2.12. The van der Waals surface area contributed by atoms with Gasteiger partial charge in [-0.1, -0.05) is 0 Å². The van der Waals surface area contributed by atoms with Gasteiger partial charge in [-0.2, -0.15) is 13.2 Å². The van der Waals surface area contributed by atoms with E-state index >= 15 is 0 Å². The van der Waals surface area contributed by atoms with Crippen molar-refractivity contribution in [3.8, 4) is 0 Å². The summed E-state index contributed by atoms with van der Waals surface area (Å²) in [6, 6.07) is 2.37. The maximum atomic E-state index is 12.7. The molecule has 0 atom stereocenters. The molecule has 1 nitrogen and oxygen atoms in total. The van der Waals surface area contributed by atoms with Crippen molar-refractivity contribution in [2.75, 3.05) is 6.61 Å². The van der Waals surface area contributed by atoms with E-state index in [-0.39, 0.29) is 25.0 Å². The Morgan fingerprint density at radius 1 is 1.20 bits per heavy atom. The van der Waals surface area contributed by atoms with Crippen LogP contribution in [0.25, 0.3) is 0 Å². The first-order valence-electron chi connectivity index (χ1n) is 4.41. The van der Waals surface area contributed by atoms with Gasteiger partial charge in [0, 0.05) is 6.61 Å². The molecule has 1 rings (SSSR count). The zero-order valence-electron chi connectivity index (χ0n) is 7.81. The predicted molar refractivity (Wildman–Crippen MR) is 46.8 cm³/mol. The molecule has 0 aromatic heterocycles. The van der Waals surface area contributed by atoms with Crippen molar-refractivity contribution in [1.82, 2.24) is 0 Å². The van der Waals surface area contributed by atoms with Crippen LogP contribution in [0.5, 0.6) is 0 Å². The van der Waals surface area contributed by atoms with Gasteiger partial charge in [-0.05, 0) is 36.6 Å². The maximum absolute atomic E-state index is 12.7. The van der Waals surface area contributed by atoms with Crippen LogP contribution in [-0.4, -0.2) is 11.7 Å². The molecule has 0 amide bonds. The Balaban J connectivity index is 3.03. The summed E-state index contributed by atoms with van der Waals surface area (Å²) in [6.45, 7) is -0.214. The van der Waals surface area contributed by atoms with Crippen molar-refractivity contribution in [3.05, 3.63) is 35.1 Å². The molecule has 0 spiro atoms. The SMILES string of the molecule is OCCCc1cc(F)ccc1C(F)(F)F. The molecule has 0 aliphatic rings. The summed E-state index contributed by atoms with van der Waals surface area (Å²) >= 11 is 0. The zero-order valence-corrected chi connectivity index (χ0v) is 7.81. The van der Waals surface area contributed by atoms with Crippen LogP contribution in [-0.2, 0) is 12.6 Å². The minimum absolute atomic E-state index is 0.0170. The molecule has 0 aliphatic carbocycles. The van der Waals surface area contributed by atoms with Crippen LogP contribution in [0.3, 0.4) is 0 Å². The Kier molecular flexibility index (Phi) is 3.68. The number of alkyl halides is 3. The summed E-state index contributed by atoms with van der Waals surface area (Å²) in [4.78, 5) is 0. The number of hydrogen-bond acceptors (Lipinski definition) is 1. The molecule has 0 radical (unpaired) electrons. The van der Waals surface area contributed by atoms with Gasteiger partial charge in [0.15, 0.2) is 0 Å². The van der Waals surface area contributed by atoms with Crippen LogP contribution < -0.4 is 0 Å². The molecule has 0 saturated heterocycles. The number of aryl methyl sites for hydroxylation is 1. The van der Waals surface area contributed by atoms with E-state index in [1.807, 2.05) is 0 Å². The van der Waals surface area contributed by atoms with Crippen LogP contribution in [0.2, 0.25) is 0 Å². The van der Waals surface area contributed by atoms with Crippen LogP contribution >= 0.6 is 0 Å². The number of aliphatic hydroxyl groups is 1. The van der Waals surface area contributed by atoms with Gasteiger partial charge in [0.25, 0.3) is 0 Å². The number of halogens is 4. The number of benzene rings is 1. The monoisotopic (exact) mass is 222 g/mol. The van der Waals surface area contributed by atoms with Gasteiger partial charge in [-0.3, -0.25) is 0 Å².